The molecule has 0 saturated carbocycles. The Balaban J connectivity index is 1.08. The molecule has 3 amide bonds. The first kappa shape index (κ1) is 31.4. The first-order valence-corrected chi connectivity index (χ1v) is 15.2. The molecule has 0 aliphatic heterocycles. The van der Waals surface area contributed by atoms with Crippen molar-refractivity contribution in [2.45, 2.75) is 0 Å². The summed E-state index contributed by atoms with van der Waals surface area (Å²) in [6.45, 7) is 0. The predicted octanol–water partition coefficient (Wildman–Crippen LogP) is 8.08. The van der Waals surface area contributed by atoms with E-state index in [1.165, 1.54) is 11.0 Å². The van der Waals surface area contributed by atoms with Crippen molar-refractivity contribution in [1.29, 1.82) is 0 Å². The molecule has 236 valence electrons. The van der Waals surface area contributed by atoms with E-state index in [0.29, 0.717) is 38.8 Å². The molecular weight excluding hydrogens is 602 g/mol. The zero-order valence-corrected chi connectivity index (χ0v) is 26.2. The minimum Gasteiger partial charge on any atom is -0.478 e. The molecule has 0 aliphatic carbocycles. The molecule has 0 fully saturated rings. The zero-order chi connectivity index (χ0) is 33.8. The van der Waals surface area contributed by atoms with E-state index in [4.69, 9.17) is 0 Å². The molecule has 8 nitrogen and oxygen atoms in total. The largest absolute Gasteiger partial charge is 0.478 e. The number of benzene rings is 6. The maximum atomic E-state index is 13.1. The normalized spacial score (nSPS) is 10.7. The highest BCUT2D eigenvalue weighted by Gasteiger charge is 2.14. The molecule has 48 heavy (non-hydrogen) atoms. The van der Waals surface area contributed by atoms with Gasteiger partial charge in [0.05, 0.1) is 5.56 Å². The number of carbonyl (C=O) groups is 4. The van der Waals surface area contributed by atoms with Crippen LogP contribution in [0.2, 0.25) is 0 Å². The Bertz CT molecular complexity index is 2150. The van der Waals surface area contributed by atoms with Gasteiger partial charge in [-0.05, 0) is 88.3 Å². The van der Waals surface area contributed by atoms with Crippen LogP contribution in [0, 0.1) is 0 Å². The van der Waals surface area contributed by atoms with Crippen molar-refractivity contribution in [3.8, 4) is 22.3 Å². The summed E-state index contributed by atoms with van der Waals surface area (Å²) in [7, 11) is 3.43. The Morgan fingerprint density at radius 3 is 1.42 bits per heavy atom. The fourth-order valence-electron chi connectivity index (χ4n) is 5.43. The van der Waals surface area contributed by atoms with Gasteiger partial charge >= 0.3 is 5.97 Å². The van der Waals surface area contributed by atoms with E-state index in [0.717, 1.165) is 22.3 Å². The molecule has 0 unspecified atom stereocenters. The van der Waals surface area contributed by atoms with Crippen LogP contribution < -0.4 is 10.6 Å². The van der Waals surface area contributed by atoms with Crippen molar-refractivity contribution in [2.24, 2.45) is 0 Å². The quantitative estimate of drug-likeness (QED) is 0.157. The molecule has 0 aromatic heterocycles. The van der Waals surface area contributed by atoms with Crippen LogP contribution in [-0.2, 0) is 0 Å². The van der Waals surface area contributed by atoms with Gasteiger partial charge < -0.3 is 20.6 Å². The highest BCUT2D eigenvalue weighted by molar-refractivity contribution is 6.13. The van der Waals surface area contributed by atoms with Crippen LogP contribution in [0.1, 0.15) is 41.4 Å². The number of hydrogen-bond acceptors (Lipinski definition) is 4. The third-order valence-corrected chi connectivity index (χ3v) is 8.04. The highest BCUT2D eigenvalue weighted by atomic mass is 16.4. The standard InChI is InChI=1S/C40H31N3O5/c1-43(2)39(46)31-17-11-27(12-18-31)25-7-13-29(14-8-25)37(44)41-32-21-19-28(20-22-32)26-9-15-30(16-10-26)38(45)42-36-24-23-35(40(47)48)33-5-3-4-6-34(33)36/h3-24H,1-2H3,(H,41,44)(H,42,45)(H,47,48). The minimum absolute atomic E-state index is 0.0571. The van der Waals surface area contributed by atoms with Gasteiger partial charge in [-0.25, -0.2) is 4.79 Å². The number of nitrogens with zero attached hydrogens (tertiary/aromatic N) is 1. The van der Waals surface area contributed by atoms with E-state index >= 15 is 0 Å². The predicted molar refractivity (Wildman–Crippen MR) is 189 cm³/mol. The molecule has 6 aromatic rings. The number of carboxylic acid groups (broad SMARTS) is 1. The van der Waals surface area contributed by atoms with Crippen molar-refractivity contribution in [3.63, 3.8) is 0 Å². The van der Waals surface area contributed by atoms with E-state index in [9.17, 15) is 24.3 Å². The lowest BCUT2D eigenvalue weighted by Gasteiger charge is -2.11. The summed E-state index contributed by atoms with van der Waals surface area (Å²) in [4.78, 5) is 51.3. The molecule has 0 aliphatic rings. The van der Waals surface area contributed by atoms with Crippen LogP contribution in [0.3, 0.4) is 0 Å². The van der Waals surface area contributed by atoms with Crippen LogP contribution in [-0.4, -0.2) is 47.8 Å². The molecule has 3 N–H and O–H groups in total. The second kappa shape index (κ2) is 13.4. The average Bonchev–Trinajstić information content (AvgIpc) is 3.11. The lowest BCUT2D eigenvalue weighted by Crippen LogP contribution is -2.21. The summed E-state index contributed by atoms with van der Waals surface area (Å²) < 4.78 is 0. The van der Waals surface area contributed by atoms with E-state index in [2.05, 4.69) is 10.6 Å². The van der Waals surface area contributed by atoms with Gasteiger partial charge in [0, 0.05) is 47.5 Å². The van der Waals surface area contributed by atoms with E-state index < -0.39 is 5.97 Å². The van der Waals surface area contributed by atoms with E-state index in [1.54, 1.807) is 80.8 Å². The lowest BCUT2D eigenvalue weighted by molar-refractivity contribution is 0.0698. The second-order valence-electron chi connectivity index (χ2n) is 11.4. The molecular formula is C40H31N3O5. The fourth-order valence-corrected chi connectivity index (χ4v) is 5.43. The molecule has 0 bridgehead atoms. The summed E-state index contributed by atoms with van der Waals surface area (Å²) in [5.74, 6) is -1.63. The van der Waals surface area contributed by atoms with Gasteiger partial charge in [-0.3, -0.25) is 14.4 Å². The molecule has 6 aromatic carbocycles. The third-order valence-electron chi connectivity index (χ3n) is 8.04. The first-order valence-electron chi connectivity index (χ1n) is 15.2. The first-order chi connectivity index (χ1) is 23.2. The number of carboxylic acids is 1. The summed E-state index contributed by atoms with van der Waals surface area (Å²) >= 11 is 0. The summed E-state index contributed by atoms with van der Waals surface area (Å²) in [5.41, 5.74) is 6.63. The summed E-state index contributed by atoms with van der Waals surface area (Å²) in [5, 5.41) is 16.5. The van der Waals surface area contributed by atoms with Gasteiger partial charge in [0.15, 0.2) is 0 Å². The third kappa shape index (κ3) is 6.68. The number of aromatic carboxylic acids is 1. The van der Waals surface area contributed by atoms with Gasteiger partial charge in [0.2, 0.25) is 0 Å². The van der Waals surface area contributed by atoms with Crippen LogP contribution in [0.5, 0.6) is 0 Å². The van der Waals surface area contributed by atoms with Gasteiger partial charge in [0.1, 0.15) is 0 Å². The number of amides is 3. The number of hydrogen-bond donors (Lipinski definition) is 3. The molecule has 0 saturated heterocycles. The Hall–Kier alpha value is -6.54. The second-order valence-corrected chi connectivity index (χ2v) is 11.4. The zero-order valence-electron chi connectivity index (χ0n) is 26.2. The van der Waals surface area contributed by atoms with Gasteiger partial charge in [0.25, 0.3) is 17.7 Å². The van der Waals surface area contributed by atoms with Crippen molar-refractivity contribution in [1.82, 2.24) is 4.90 Å². The monoisotopic (exact) mass is 633 g/mol. The van der Waals surface area contributed by atoms with Crippen molar-refractivity contribution in [2.75, 3.05) is 24.7 Å². The smallest absolute Gasteiger partial charge is 0.336 e. The Labute approximate surface area is 277 Å². The van der Waals surface area contributed by atoms with E-state index in [-0.39, 0.29) is 23.3 Å². The molecule has 0 heterocycles. The molecule has 8 heteroatoms. The minimum atomic E-state index is -1.03. The molecule has 0 atom stereocenters. The van der Waals surface area contributed by atoms with Crippen LogP contribution in [0.15, 0.2) is 133 Å². The van der Waals surface area contributed by atoms with Crippen molar-refractivity contribution < 1.29 is 24.3 Å². The molecule has 0 radical (unpaired) electrons. The maximum Gasteiger partial charge on any atom is 0.336 e. The van der Waals surface area contributed by atoms with Crippen LogP contribution >= 0.6 is 0 Å². The number of fused-ring (bicyclic) bond motifs is 1. The number of carbonyl (C=O) groups excluding carboxylic acids is 3. The summed E-state index contributed by atoms with van der Waals surface area (Å²) in [6.07, 6.45) is 0. The van der Waals surface area contributed by atoms with Crippen LogP contribution in [0.4, 0.5) is 11.4 Å². The topological polar surface area (TPSA) is 116 Å². The van der Waals surface area contributed by atoms with Gasteiger partial charge in [-0.2, -0.15) is 0 Å². The number of anilines is 2. The van der Waals surface area contributed by atoms with Crippen molar-refractivity contribution in [3.05, 3.63) is 156 Å². The van der Waals surface area contributed by atoms with Gasteiger partial charge in [-0.15, -0.1) is 0 Å². The fraction of sp³-hybridized carbons (Fsp3) is 0.0500. The Morgan fingerprint density at radius 1 is 0.500 bits per heavy atom. The Kier molecular flexibility index (Phi) is 8.81. The Morgan fingerprint density at radius 2 is 0.938 bits per heavy atom. The average molecular weight is 634 g/mol. The van der Waals surface area contributed by atoms with E-state index in [1.807, 2.05) is 60.7 Å². The summed E-state index contributed by atoms with van der Waals surface area (Å²) in [6, 6.07) is 39.4. The van der Waals surface area contributed by atoms with Gasteiger partial charge in [-0.1, -0.05) is 72.8 Å². The maximum absolute atomic E-state index is 13.1. The number of nitrogens with one attached hydrogen (secondary N) is 2. The van der Waals surface area contributed by atoms with Crippen LogP contribution in [0.25, 0.3) is 33.0 Å². The SMILES string of the molecule is CN(C)C(=O)c1ccc(-c2ccc(C(=O)Nc3ccc(-c4ccc(C(=O)Nc5ccc(C(=O)O)c6ccccc56)cc4)cc3)cc2)cc1. The molecule has 0 spiro atoms. The lowest BCUT2D eigenvalue weighted by atomic mass is 10.0. The van der Waals surface area contributed by atoms with Crippen molar-refractivity contribution >= 4 is 45.8 Å². The highest BCUT2D eigenvalue weighted by Crippen LogP contribution is 2.28. The number of rotatable bonds is 8. The molecule has 6 rings (SSSR count).